The van der Waals surface area contributed by atoms with Crippen LogP contribution in [-0.4, -0.2) is 20.2 Å². The molecular weight excluding hydrogens is 309 g/mol. The van der Waals surface area contributed by atoms with Crippen molar-refractivity contribution in [2.75, 3.05) is 25.1 Å². The molecule has 0 aliphatic carbocycles. The van der Waals surface area contributed by atoms with Crippen molar-refractivity contribution in [2.45, 2.75) is 0 Å². The Kier molecular flexibility index (Phi) is 4.80. The van der Waals surface area contributed by atoms with Crippen molar-refractivity contribution in [2.24, 2.45) is 0 Å². The van der Waals surface area contributed by atoms with Gasteiger partial charge in [0.1, 0.15) is 18.2 Å². The Morgan fingerprint density at radius 2 is 1.95 bits per heavy atom. The number of hydrogen-bond acceptors (Lipinski definition) is 2. The Hall–Kier alpha value is -1.55. The van der Waals surface area contributed by atoms with E-state index in [4.69, 9.17) is 4.74 Å². The molecule has 0 aromatic heterocycles. The number of nitrogens with zero attached hydrogens (tertiary/aromatic N) is 1. The van der Waals surface area contributed by atoms with Gasteiger partial charge in [0.2, 0.25) is 0 Å². The van der Waals surface area contributed by atoms with Gasteiger partial charge < -0.3 is 9.64 Å². The molecule has 4 heteroatoms. The summed E-state index contributed by atoms with van der Waals surface area (Å²) >= 11 is 3.39. The zero-order chi connectivity index (χ0) is 13.7. The molecular formula is C15H15BrFNO. The predicted octanol–water partition coefficient (Wildman–Crippen LogP) is 4.10. The van der Waals surface area contributed by atoms with Gasteiger partial charge in [-0.15, -0.1) is 0 Å². The highest BCUT2D eigenvalue weighted by molar-refractivity contribution is 9.10. The fraction of sp³-hybridized carbons (Fsp3) is 0.200. The maximum Gasteiger partial charge on any atom is 0.146 e. The molecule has 0 fully saturated rings. The molecule has 2 rings (SSSR count). The lowest BCUT2D eigenvalue weighted by Gasteiger charge is -2.20. The zero-order valence-corrected chi connectivity index (χ0v) is 12.2. The third-order valence-electron chi connectivity index (χ3n) is 2.76. The van der Waals surface area contributed by atoms with Crippen LogP contribution in [0.5, 0.6) is 5.75 Å². The molecule has 0 spiro atoms. The number of rotatable bonds is 5. The molecule has 0 aliphatic heterocycles. The fourth-order valence-electron chi connectivity index (χ4n) is 1.74. The van der Waals surface area contributed by atoms with Crippen LogP contribution in [0.3, 0.4) is 0 Å². The van der Waals surface area contributed by atoms with E-state index in [1.54, 1.807) is 12.1 Å². The lowest BCUT2D eigenvalue weighted by Crippen LogP contribution is -2.24. The quantitative estimate of drug-likeness (QED) is 0.821. The van der Waals surface area contributed by atoms with Crippen molar-refractivity contribution in [3.8, 4) is 5.75 Å². The summed E-state index contributed by atoms with van der Waals surface area (Å²) in [6.45, 7) is 1.12. The first kappa shape index (κ1) is 13.9. The molecule has 0 bridgehead atoms. The standard InChI is InChI=1S/C15H15BrFNO/c1-18(15-8-3-2-7-14(15)17)9-10-19-13-6-4-5-12(16)11-13/h2-8,11H,9-10H2,1H3. The molecule has 0 amide bonds. The number of para-hydroxylation sites is 1. The minimum absolute atomic E-state index is 0.215. The molecule has 19 heavy (non-hydrogen) atoms. The number of benzene rings is 2. The lowest BCUT2D eigenvalue weighted by atomic mass is 10.3. The Morgan fingerprint density at radius 3 is 2.68 bits per heavy atom. The van der Waals surface area contributed by atoms with Crippen LogP contribution in [0, 0.1) is 5.82 Å². The molecule has 0 radical (unpaired) electrons. The summed E-state index contributed by atoms with van der Waals surface area (Å²) in [5.41, 5.74) is 0.584. The highest BCUT2D eigenvalue weighted by Gasteiger charge is 2.06. The SMILES string of the molecule is CN(CCOc1cccc(Br)c1)c1ccccc1F. The third-order valence-corrected chi connectivity index (χ3v) is 3.25. The summed E-state index contributed by atoms with van der Waals surface area (Å²) in [5, 5.41) is 0. The lowest BCUT2D eigenvalue weighted by molar-refractivity contribution is 0.325. The Labute approximate surface area is 120 Å². The summed E-state index contributed by atoms with van der Waals surface area (Å²) in [5.74, 6) is 0.587. The maximum atomic E-state index is 13.6. The largest absolute Gasteiger partial charge is 0.492 e. The number of anilines is 1. The average molecular weight is 324 g/mol. The molecule has 0 unspecified atom stereocenters. The van der Waals surface area contributed by atoms with E-state index < -0.39 is 0 Å². The zero-order valence-electron chi connectivity index (χ0n) is 10.6. The molecule has 2 aromatic rings. The van der Waals surface area contributed by atoms with Crippen molar-refractivity contribution >= 4 is 21.6 Å². The second kappa shape index (κ2) is 6.57. The topological polar surface area (TPSA) is 12.5 Å². The minimum atomic E-state index is -0.215. The molecule has 2 aromatic carbocycles. The average Bonchev–Trinajstić information content (AvgIpc) is 2.39. The van der Waals surface area contributed by atoms with Crippen LogP contribution in [0.15, 0.2) is 53.0 Å². The van der Waals surface area contributed by atoms with Crippen LogP contribution < -0.4 is 9.64 Å². The number of ether oxygens (including phenoxy) is 1. The van der Waals surface area contributed by atoms with Crippen molar-refractivity contribution in [3.63, 3.8) is 0 Å². The molecule has 0 saturated carbocycles. The molecule has 100 valence electrons. The van der Waals surface area contributed by atoms with Gasteiger partial charge in [-0.05, 0) is 30.3 Å². The first-order valence-electron chi connectivity index (χ1n) is 6.01. The van der Waals surface area contributed by atoms with Gasteiger partial charge in [0.15, 0.2) is 0 Å². The summed E-state index contributed by atoms with van der Waals surface area (Å²) in [6, 6.07) is 14.4. The summed E-state index contributed by atoms with van der Waals surface area (Å²) in [7, 11) is 1.85. The normalized spacial score (nSPS) is 10.3. The van der Waals surface area contributed by atoms with E-state index in [-0.39, 0.29) is 5.82 Å². The maximum absolute atomic E-state index is 13.6. The first-order chi connectivity index (χ1) is 9.16. The summed E-state index contributed by atoms with van der Waals surface area (Å²) in [6.07, 6.45) is 0. The Morgan fingerprint density at radius 1 is 1.16 bits per heavy atom. The van der Waals surface area contributed by atoms with Crippen LogP contribution in [0.1, 0.15) is 0 Å². The first-order valence-corrected chi connectivity index (χ1v) is 6.80. The monoisotopic (exact) mass is 323 g/mol. The molecule has 0 heterocycles. The van der Waals surface area contributed by atoms with E-state index >= 15 is 0 Å². The molecule has 2 nitrogen and oxygen atoms in total. The van der Waals surface area contributed by atoms with E-state index in [0.29, 0.717) is 18.8 Å². The van der Waals surface area contributed by atoms with Crippen LogP contribution in [0.4, 0.5) is 10.1 Å². The molecule has 0 atom stereocenters. The van der Waals surface area contributed by atoms with Crippen molar-refractivity contribution in [1.82, 2.24) is 0 Å². The van der Waals surface area contributed by atoms with Gasteiger partial charge >= 0.3 is 0 Å². The second-order valence-corrected chi connectivity index (χ2v) is 5.09. The predicted molar refractivity (Wildman–Crippen MR) is 79.3 cm³/mol. The van der Waals surface area contributed by atoms with Gasteiger partial charge in [-0.1, -0.05) is 34.1 Å². The summed E-state index contributed by atoms with van der Waals surface area (Å²) in [4.78, 5) is 1.84. The van der Waals surface area contributed by atoms with E-state index in [2.05, 4.69) is 15.9 Å². The van der Waals surface area contributed by atoms with Gasteiger partial charge in [-0.25, -0.2) is 4.39 Å². The Balaban J connectivity index is 1.88. The third kappa shape index (κ3) is 3.96. The second-order valence-electron chi connectivity index (χ2n) is 4.18. The van der Waals surface area contributed by atoms with Gasteiger partial charge in [-0.2, -0.15) is 0 Å². The van der Waals surface area contributed by atoms with E-state index in [9.17, 15) is 4.39 Å². The van der Waals surface area contributed by atoms with Crippen LogP contribution >= 0.6 is 15.9 Å². The Bertz CT molecular complexity index is 547. The summed E-state index contributed by atoms with van der Waals surface area (Å²) < 4.78 is 20.2. The fourth-order valence-corrected chi connectivity index (χ4v) is 2.12. The number of likely N-dealkylation sites (N-methyl/N-ethyl adjacent to an activating group) is 1. The van der Waals surface area contributed by atoms with E-state index in [1.165, 1.54) is 6.07 Å². The van der Waals surface area contributed by atoms with Crippen molar-refractivity contribution < 1.29 is 9.13 Å². The number of halogens is 2. The highest BCUT2D eigenvalue weighted by atomic mass is 79.9. The molecule has 0 aliphatic rings. The smallest absolute Gasteiger partial charge is 0.146 e. The van der Waals surface area contributed by atoms with Crippen LogP contribution in [0.25, 0.3) is 0 Å². The van der Waals surface area contributed by atoms with Gasteiger partial charge in [0.25, 0.3) is 0 Å². The van der Waals surface area contributed by atoms with Crippen LogP contribution in [-0.2, 0) is 0 Å². The van der Waals surface area contributed by atoms with Gasteiger partial charge in [-0.3, -0.25) is 0 Å². The van der Waals surface area contributed by atoms with Crippen LogP contribution in [0.2, 0.25) is 0 Å². The highest BCUT2D eigenvalue weighted by Crippen LogP contribution is 2.19. The van der Waals surface area contributed by atoms with Gasteiger partial charge in [0, 0.05) is 11.5 Å². The molecule has 0 saturated heterocycles. The molecule has 0 N–H and O–H groups in total. The van der Waals surface area contributed by atoms with Crippen molar-refractivity contribution in [3.05, 3.63) is 58.8 Å². The van der Waals surface area contributed by atoms with Gasteiger partial charge in [0.05, 0.1) is 12.2 Å². The number of hydrogen-bond donors (Lipinski definition) is 0. The van der Waals surface area contributed by atoms with Crippen molar-refractivity contribution in [1.29, 1.82) is 0 Å². The van der Waals surface area contributed by atoms with E-state index in [1.807, 2.05) is 42.3 Å². The minimum Gasteiger partial charge on any atom is -0.492 e. The van der Waals surface area contributed by atoms with E-state index in [0.717, 1.165) is 10.2 Å².